The highest BCUT2D eigenvalue weighted by Gasteiger charge is 2.33. The van der Waals surface area contributed by atoms with Gasteiger partial charge in [-0.2, -0.15) is 0 Å². The van der Waals surface area contributed by atoms with Crippen LogP contribution in [-0.4, -0.2) is 13.1 Å². The summed E-state index contributed by atoms with van der Waals surface area (Å²) >= 11 is 0. The van der Waals surface area contributed by atoms with Gasteiger partial charge in [-0.25, -0.2) is 0 Å². The van der Waals surface area contributed by atoms with Crippen LogP contribution in [0.2, 0.25) is 0 Å². The van der Waals surface area contributed by atoms with Crippen molar-refractivity contribution in [1.29, 1.82) is 0 Å². The van der Waals surface area contributed by atoms with Crippen molar-refractivity contribution < 1.29 is 0 Å². The van der Waals surface area contributed by atoms with Crippen LogP contribution in [0, 0.1) is 11.3 Å². The fourth-order valence-corrected chi connectivity index (χ4v) is 3.41. The molecule has 0 radical (unpaired) electrons. The molecular formula is C16H33N. The van der Waals surface area contributed by atoms with E-state index in [-0.39, 0.29) is 0 Å². The Hall–Kier alpha value is -0.0400. The Bertz CT molecular complexity index is 184. The first kappa shape index (κ1) is 15.0. The summed E-state index contributed by atoms with van der Waals surface area (Å²) in [4.78, 5) is 0. The Morgan fingerprint density at radius 1 is 0.941 bits per heavy atom. The lowest BCUT2D eigenvalue weighted by molar-refractivity contribution is 0.112. The molecule has 0 aromatic heterocycles. The molecule has 0 amide bonds. The van der Waals surface area contributed by atoms with E-state index in [4.69, 9.17) is 0 Å². The Kier molecular flexibility index (Phi) is 7.18. The van der Waals surface area contributed by atoms with E-state index in [1.54, 1.807) is 0 Å². The van der Waals surface area contributed by atoms with Crippen LogP contribution in [-0.2, 0) is 0 Å². The van der Waals surface area contributed by atoms with Gasteiger partial charge in [0.2, 0.25) is 0 Å². The van der Waals surface area contributed by atoms with Crippen molar-refractivity contribution in [3.8, 4) is 0 Å². The molecule has 0 aromatic carbocycles. The van der Waals surface area contributed by atoms with Crippen molar-refractivity contribution in [3.05, 3.63) is 0 Å². The van der Waals surface area contributed by atoms with Crippen LogP contribution in [0.25, 0.3) is 0 Å². The molecule has 1 N–H and O–H groups in total. The molecule has 1 aliphatic rings. The average molecular weight is 239 g/mol. The lowest BCUT2D eigenvalue weighted by Gasteiger charge is -2.41. The van der Waals surface area contributed by atoms with Crippen LogP contribution in [0.5, 0.6) is 0 Å². The van der Waals surface area contributed by atoms with Gasteiger partial charge in [-0.05, 0) is 50.1 Å². The zero-order valence-corrected chi connectivity index (χ0v) is 12.4. The van der Waals surface area contributed by atoms with Crippen LogP contribution in [0.15, 0.2) is 0 Å². The van der Waals surface area contributed by atoms with Gasteiger partial charge in [-0.1, -0.05) is 52.9 Å². The molecule has 0 aliphatic carbocycles. The molecule has 1 heteroatoms. The molecule has 102 valence electrons. The molecular weight excluding hydrogens is 206 g/mol. The summed E-state index contributed by atoms with van der Waals surface area (Å²) in [6, 6.07) is 0. The molecule has 0 bridgehead atoms. The molecule has 1 saturated heterocycles. The zero-order valence-electron chi connectivity index (χ0n) is 12.4. The summed E-state index contributed by atoms with van der Waals surface area (Å²) in [6.07, 6.45) is 12.7. The topological polar surface area (TPSA) is 12.0 Å². The van der Waals surface area contributed by atoms with E-state index in [2.05, 4.69) is 26.1 Å². The first-order valence-corrected chi connectivity index (χ1v) is 7.93. The first-order chi connectivity index (χ1) is 8.23. The predicted octanol–water partition coefficient (Wildman–Crippen LogP) is 4.76. The summed E-state index contributed by atoms with van der Waals surface area (Å²) in [5, 5.41) is 3.51. The Morgan fingerprint density at radius 3 is 2.12 bits per heavy atom. The standard InChI is InChI=1S/C16H33N/c1-4-6-8-12-16(3,11-7-5-2)15-9-13-17-14-10-15/h15,17H,4-14H2,1-3H3. The third kappa shape index (κ3) is 4.99. The number of hydrogen-bond donors (Lipinski definition) is 1. The van der Waals surface area contributed by atoms with Crippen LogP contribution >= 0.6 is 0 Å². The summed E-state index contributed by atoms with van der Waals surface area (Å²) < 4.78 is 0. The highest BCUT2D eigenvalue weighted by Crippen LogP contribution is 2.42. The monoisotopic (exact) mass is 239 g/mol. The van der Waals surface area contributed by atoms with E-state index >= 15 is 0 Å². The molecule has 1 atom stereocenters. The maximum absolute atomic E-state index is 3.51. The minimum atomic E-state index is 0.632. The molecule has 1 rings (SSSR count). The molecule has 1 heterocycles. The third-order valence-corrected chi connectivity index (χ3v) is 4.78. The molecule has 1 nitrogen and oxygen atoms in total. The van der Waals surface area contributed by atoms with Crippen molar-refractivity contribution in [1.82, 2.24) is 5.32 Å². The maximum Gasteiger partial charge on any atom is -0.00461 e. The summed E-state index contributed by atoms with van der Waals surface area (Å²) in [7, 11) is 0. The van der Waals surface area contributed by atoms with Gasteiger partial charge in [0.1, 0.15) is 0 Å². The lowest BCUT2D eigenvalue weighted by atomic mass is 9.67. The SMILES string of the molecule is CCCCCC(C)(CCCC)C1CCNCC1. The normalized spacial score (nSPS) is 21.4. The van der Waals surface area contributed by atoms with E-state index in [1.807, 2.05) is 0 Å². The Labute approximate surface area is 109 Å². The van der Waals surface area contributed by atoms with Crippen LogP contribution in [0.4, 0.5) is 0 Å². The maximum atomic E-state index is 3.51. The van der Waals surface area contributed by atoms with Gasteiger partial charge in [0, 0.05) is 0 Å². The number of nitrogens with one attached hydrogen (secondary N) is 1. The second-order valence-corrected chi connectivity index (χ2v) is 6.24. The number of piperidine rings is 1. The van der Waals surface area contributed by atoms with Gasteiger partial charge < -0.3 is 5.32 Å². The van der Waals surface area contributed by atoms with Gasteiger partial charge in [0.25, 0.3) is 0 Å². The summed E-state index contributed by atoms with van der Waals surface area (Å²) in [6.45, 7) is 9.72. The van der Waals surface area contributed by atoms with E-state index < -0.39 is 0 Å². The van der Waals surface area contributed by atoms with Crippen molar-refractivity contribution in [2.24, 2.45) is 11.3 Å². The number of unbranched alkanes of at least 4 members (excludes halogenated alkanes) is 3. The fourth-order valence-electron chi connectivity index (χ4n) is 3.41. The fraction of sp³-hybridized carbons (Fsp3) is 1.00. The summed E-state index contributed by atoms with van der Waals surface area (Å²) in [5.41, 5.74) is 0.632. The highest BCUT2D eigenvalue weighted by molar-refractivity contribution is 4.85. The second-order valence-electron chi connectivity index (χ2n) is 6.24. The molecule has 1 fully saturated rings. The number of rotatable bonds is 8. The number of hydrogen-bond acceptors (Lipinski definition) is 1. The molecule has 0 saturated carbocycles. The Balaban J connectivity index is 2.48. The molecule has 1 unspecified atom stereocenters. The smallest absolute Gasteiger partial charge is 0.00461 e. The van der Waals surface area contributed by atoms with Crippen molar-refractivity contribution >= 4 is 0 Å². The minimum Gasteiger partial charge on any atom is -0.317 e. The van der Waals surface area contributed by atoms with Crippen molar-refractivity contribution in [2.45, 2.75) is 78.6 Å². The highest BCUT2D eigenvalue weighted by atomic mass is 14.9. The summed E-state index contributed by atoms with van der Waals surface area (Å²) in [5.74, 6) is 0.979. The van der Waals surface area contributed by atoms with Crippen LogP contribution < -0.4 is 5.32 Å². The molecule has 17 heavy (non-hydrogen) atoms. The molecule has 1 aliphatic heterocycles. The third-order valence-electron chi connectivity index (χ3n) is 4.78. The quantitative estimate of drug-likeness (QED) is 0.602. The average Bonchev–Trinajstić information content (AvgIpc) is 2.38. The van der Waals surface area contributed by atoms with Gasteiger partial charge in [0.15, 0.2) is 0 Å². The van der Waals surface area contributed by atoms with Crippen LogP contribution in [0.1, 0.15) is 78.6 Å². The van der Waals surface area contributed by atoms with Gasteiger partial charge in [-0.15, -0.1) is 0 Å². The van der Waals surface area contributed by atoms with Gasteiger partial charge >= 0.3 is 0 Å². The van der Waals surface area contributed by atoms with E-state index in [1.165, 1.54) is 70.9 Å². The zero-order chi connectivity index (χ0) is 12.6. The van der Waals surface area contributed by atoms with Gasteiger partial charge in [0.05, 0.1) is 0 Å². The van der Waals surface area contributed by atoms with Crippen molar-refractivity contribution in [2.75, 3.05) is 13.1 Å². The predicted molar refractivity (Wildman–Crippen MR) is 77.4 cm³/mol. The van der Waals surface area contributed by atoms with E-state index in [9.17, 15) is 0 Å². The molecule has 0 spiro atoms. The molecule has 0 aromatic rings. The largest absolute Gasteiger partial charge is 0.317 e. The van der Waals surface area contributed by atoms with E-state index in [0.29, 0.717) is 5.41 Å². The second kappa shape index (κ2) is 8.13. The first-order valence-electron chi connectivity index (χ1n) is 7.93. The van der Waals surface area contributed by atoms with Crippen LogP contribution in [0.3, 0.4) is 0 Å². The van der Waals surface area contributed by atoms with Crippen molar-refractivity contribution in [3.63, 3.8) is 0 Å². The van der Waals surface area contributed by atoms with E-state index in [0.717, 1.165) is 5.92 Å². The lowest BCUT2D eigenvalue weighted by Crippen LogP contribution is -2.37. The van der Waals surface area contributed by atoms with Gasteiger partial charge in [-0.3, -0.25) is 0 Å². The minimum absolute atomic E-state index is 0.632. The Morgan fingerprint density at radius 2 is 1.53 bits per heavy atom.